The lowest BCUT2D eigenvalue weighted by Gasteiger charge is -2.06. The number of aromatic nitrogens is 2. The molecule has 3 aromatic rings. The van der Waals surface area contributed by atoms with Gasteiger partial charge in [0.1, 0.15) is 5.76 Å². The minimum atomic E-state index is 0.649. The fourth-order valence-corrected chi connectivity index (χ4v) is 2.11. The molecule has 0 bridgehead atoms. The standard InChI is InChI=1S/C14H15N3O/c1-2-17-13-8-4-3-7-12(13)16-14(17)15-10-11-6-5-9-18-11/h3-9H,2,10H2,1H3,(H,15,16). The second-order valence-corrected chi connectivity index (χ2v) is 4.10. The number of aryl methyl sites for hydroxylation is 1. The van der Waals surface area contributed by atoms with E-state index >= 15 is 0 Å². The van der Waals surface area contributed by atoms with E-state index in [1.54, 1.807) is 6.26 Å². The number of furan rings is 1. The van der Waals surface area contributed by atoms with E-state index in [-0.39, 0.29) is 0 Å². The molecule has 0 fully saturated rings. The van der Waals surface area contributed by atoms with Gasteiger partial charge >= 0.3 is 0 Å². The number of hydrogen-bond acceptors (Lipinski definition) is 3. The van der Waals surface area contributed by atoms with Crippen LogP contribution in [0.4, 0.5) is 5.95 Å². The number of hydrogen-bond donors (Lipinski definition) is 1. The van der Waals surface area contributed by atoms with Crippen molar-refractivity contribution in [3.63, 3.8) is 0 Å². The smallest absolute Gasteiger partial charge is 0.204 e. The van der Waals surface area contributed by atoms with Gasteiger partial charge in [0.15, 0.2) is 0 Å². The molecule has 4 nitrogen and oxygen atoms in total. The van der Waals surface area contributed by atoms with E-state index in [0.717, 1.165) is 29.3 Å². The predicted molar refractivity (Wildman–Crippen MR) is 71.4 cm³/mol. The molecule has 0 amide bonds. The molecule has 0 saturated carbocycles. The van der Waals surface area contributed by atoms with Crippen molar-refractivity contribution in [2.24, 2.45) is 0 Å². The maximum Gasteiger partial charge on any atom is 0.204 e. The zero-order valence-electron chi connectivity index (χ0n) is 10.3. The van der Waals surface area contributed by atoms with Crippen LogP contribution in [0.1, 0.15) is 12.7 Å². The summed E-state index contributed by atoms with van der Waals surface area (Å²) in [6.07, 6.45) is 1.68. The molecule has 92 valence electrons. The second kappa shape index (κ2) is 4.56. The Balaban J connectivity index is 1.91. The quantitative estimate of drug-likeness (QED) is 0.762. The normalized spacial score (nSPS) is 10.9. The third kappa shape index (κ3) is 1.86. The van der Waals surface area contributed by atoms with Crippen molar-refractivity contribution in [2.45, 2.75) is 20.0 Å². The average Bonchev–Trinajstić information content (AvgIpc) is 3.03. The van der Waals surface area contributed by atoms with Crippen molar-refractivity contribution in [3.05, 3.63) is 48.4 Å². The van der Waals surface area contributed by atoms with Gasteiger partial charge in [0.2, 0.25) is 5.95 Å². The number of anilines is 1. The first-order chi connectivity index (χ1) is 8.88. The monoisotopic (exact) mass is 241 g/mol. The molecular weight excluding hydrogens is 226 g/mol. The highest BCUT2D eigenvalue weighted by Gasteiger charge is 2.08. The van der Waals surface area contributed by atoms with E-state index in [1.807, 2.05) is 30.3 Å². The lowest BCUT2D eigenvalue weighted by molar-refractivity contribution is 0.517. The summed E-state index contributed by atoms with van der Waals surface area (Å²) in [4.78, 5) is 4.59. The van der Waals surface area contributed by atoms with Gasteiger partial charge in [0.25, 0.3) is 0 Å². The second-order valence-electron chi connectivity index (χ2n) is 4.10. The molecule has 0 atom stereocenters. The summed E-state index contributed by atoms with van der Waals surface area (Å²) in [6, 6.07) is 12.0. The van der Waals surface area contributed by atoms with Gasteiger partial charge < -0.3 is 14.3 Å². The van der Waals surface area contributed by atoms with Crippen molar-refractivity contribution in [2.75, 3.05) is 5.32 Å². The minimum Gasteiger partial charge on any atom is -0.467 e. The van der Waals surface area contributed by atoms with Gasteiger partial charge in [-0.15, -0.1) is 0 Å². The van der Waals surface area contributed by atoms with Gasteiger partial charge in [-0.25, -0.2) is 4.98 Å². The predicted octanol–water partition coefficient (Wildman–Crippen LogP) is 3.26. The molecule has 0 aliphatic rings. The van der Waals surface area contributed by atoms with Crippen molar-refractivity contribution in [1.82, 2.24) is 9.55 Å². The number of rotatable bonds is 4. The number of nitrogens with one attached hydrogen (secondary N) is 1. The Bertz CT molecular complexity index is 640. The zero-order chi connectivity index (χ0) is 12.4. The summed E-state index contributed by atoms with van der Waals surface area (Å²) in [5.41, 5.74) is 2.17. The van der Waals surface area contributed by atoms with Crippen LogP contribution in [0, 0.1) is 0 Å². The van der Waals surface area contributed by atoms with Crippen LogP contribution in [0.5, 0.6) is 0 Å². The Morgan fingerprint density at radius 1 is 1.22 bits per heavy atom. The molecule has 1 N–H and O–H groups in total. The topological polar surface area (TPSA) is 43.0 Å². The van der Waals surface area contributed by atoms with Crippen LogP contribution in [0.15, 0.2) is 47.1 Å². The minimum absolute atomic E-state index is 0.649. The van der Waals surface area contributed by atoms with Crippen LogP contribution < -0.4 is 5.32 Å². The van der Waals surface area contributed by atoms with Gasteiger partial charge in [-0.05, 0) is 31.2 Å². The van der Waals surface area contributed by atoms with E-state index in [9.17, 15) is 0 Å². The van der Waals surface area contributed by atoms with Crippen LogP contribution in [0.3, 0.4) is 0 Å². The highest BCUT2D eigenvalue weighted by atomic mass is 16.3. The fraction of sp³-hybridized carbons (Fsp3) is 0.214. The Hall–Kier alpha value is -2.23. The molecule has 2 aromatic heterocycles. The lowest BCUT2D eigenvalue weighted by Crippen LogP contribution is -2.06. The molecule has 4 heteroatoms. The van der Waals surface area contributed by atoms with Gasteiger partial charge in [-0.3, -0.25) is 0 Å². The van der Waals surface area contributed by atoms with Gasteiger partial charge in [-0.2, -0.15) is 0 Å². The zero-order valence-corrected chi connectivity index (χ0v) is 10.3. The van der Waals surface area contributed by atoms with Gasteiger partial charge in [0.05, 0.1) is 23.8 Å². The molecule has 0 unspecified atom stereocenters. The van der Waals surface area contributed by atoms with E-state index in [0.29, 0.717) is 6.54 Å². The number of fused-ring (bicyclic) bond motifs is 1. The fourth-order valence-electron chi connectivity index (χ4n) is 2.11. The number of para-hydroxylation sites is 2. The van der Waals surface area contributed by atoms with Crippen molar-refractivity contribution in [3.8, 4) is 0 Å². The Morgan fingerprint density at radius 2 is 2.11 bits per heavy atom. The van der Waals surface area contributed by atoms with Crippen molar-refractivity contribution in [1.29, 1.82) is 0 Å². The molecular formula is C14H15N3O. The van der Waals surface area contributed by atoms with Crippen LogP contribution in [0.25, 0.3) is 11.0 Å². The van der Waals surface area contributed by atoms with E-state index in [2.05, 4.69) is 27.9 Å². The molecule has 18 heavy (non-hydrogen) atoms. The first kappa shape index (κ1) is 10.9. The van der Waals surface area contributed by atoms with E-state index in [4.69, 9.17) is 4.42 Å². The molecule has 3 rings (SSSR count). The van der Waals surface area contributed by atoms with Crippen molar-refractivity contribution >= 4 is 17.0 Å². The van der Waals surface area contributed by atoms with Crippen LogP contribution in [-0.2, 0) is 13.1 Å². The summed E-state index contributed by atoms with van der Waals surface area (Å²) in [6.45, 7) is 3.66. The number of benzene rings is 1. The highest BCUT2D eigenvalue weighted by Crippen LogP contribution is 2.19. The molecule has 0 spiro atoms. The largest absolute Gasteiger partial charge is 0.467 e. The molecule has 0 aliphatic heterocycles. The summed E-state index contributed by atoms with van der Waals surface area (Å²) < 4.78 is 7.47. The Kier molecular flexibility index (Phi) is 2.76. The van der Waals surface area contributed by atoms with Gasteiger partial charge in [-0.1, -0.05) is 12.1 Å². The summed E-state index contributed by atoms with van der Waals surface area (Å²) in [5.74, 6) is 1.79. The van der Waals surface area contributed by atoms with Crippen molar-refractivity contribution < 1.29 is 4.42 Å². The molecule has 0 saturated heterocycles. The molecule has 2 heterocycles. The van der Waals surface area contributed by atoms with Crippen LogP contribution >= 0.6 is 0 Å². The number of nitrogens with zero attached hydrogens (tertiary/aromatic N) is 2. The maximum atomic E-state index is 5.30. The Morgan fingerprint density at radius 3 is 2.89 bits per heavy atom. The lowest BCUT2D eigenvalue weighted by atomic mass is 10.3. The average molecular weight is 241 g/mol. The summed E-state index contributed by atoms with van der Waals surface area (Å²) >= 11 is 0. The van der Waals surface area contributed by atoms with Crippen LogP contribution in [-0.4, -0.2) is 9.55 Å². The molecule has 0 aliphatic carbocycles. The summed E-state index contributed by atoms with van der Waals surface area (Å²) in [5, 5.41) is 3.31. The first-order valence-corrected chi connectivity index (χ1v) is 6.10. The van der Waals surface area contributed by atoms with Gasteiger partial charge in [0, 0.05) is 6.54 Å². The van der Waals surface area contributed by atoms with E-state index in [1.165, 1.54) is 0 Å². The Labute approximate surface area is 105 Å². The molecule has 0 radical (unpaired) electrons. The third-order valence-corrected chi connectivity index (χ3v) is 2.97. The maximum absolute atomic E-state index is 5.30. The first-order valence-electron chi connectivity index (χ1n) is 6.10. The summed E-state index contributed by atoms with van der Waals surface area (Å²) in [7, 11) is 0. The SMILES string of the molecule is CCn1c(NCc2ccco2)nc2ccccc21. The third-order valence-electron chi connectivity index (χ3n) is 2.97. The highest BCUT2D eigenvalue weighted by molar-refractivity contribution is 5.78. The van der Waals surface area contributed by atoms with Crippen LogP contribution in [0.2, 0.25) is 0 Å². The molecule has 1 aromatic carbocycles. The number of imidazole rings is 1. The van der Waals surface area contributed by atoms with E-state index < -0.39 is 0 Å².